The van der Waals surface area contributed by atoms with Crippen LogP contribution in [0.15, 0.2) is 48.5 Å². The first kappa shape index (κ1) is 16.0. The van der Waals surface area contributed by atoms with E-state index in [1.54, 1.807) is 24.3 Å². The lowest BCUT2D eigenvalue weighted by Gasteiger charge is -2.12. The highest BCUT2D eigenvalue weighted by Gasteiger charge is 2.37. The molecule has 0 fully saturated rings. The molecular weight excluding hydrogens is 319 g/mol. The fourth-order valence-electron chi connectivity index (χ4n) is 2.43. The van der Waals surface area contributed by atoms with Crippen molar-refractivity contribution in [2.75, 3.05) is 5.32 Å². The number of aryl methyl sites for hydroxylation is 1. The fourth-order valence-corrected chi connectivity index (χ4v) is 2.43. The third-order valence-electron chi connectivity index (χ3n) is 3.55. The van der Waals surface area contributed by atoms with Crippen molar-refractivity contribution in [1.82, 2.24) is 9.55 Å². The topological polar surface area (TPSA) is 46.9 Å². The number of nitrogens with zero attached hydrogens (tertiary/aromatic N) is 2. The van der Waals surface area contributed by atoms with Gasteiger partial charge in [0.2, 0.25) is 11.7 Å². The van der Waals surface area contributed by atoms with E-state index in [2.05, 4.69) is 10.3 Å². The van der Waals surface area contributed by atoms with Gasteiger partial charge in [-0.15, -0.1) is 0 Å². The van der Waals surface area contributed by atoms with Crippen LogP contribution in [0.1, 0.15) is 11.4 Å². The van der Waals surface area contributed by atoms with Gasteiger partial charge in [0, 0.05) is 5.69 Å². The first-order chi connectivity index (χ1) is 11.3. The van der Waals surface area contributed by atoms with Crippen molar-refractivity contribution < 1.29 is 18.0 Å². The monoisotopic (exact) mass is 333 g/mol. The number of para-hydroxylation sites is 2. The lowest BCUT2D eigenvalue weighted by Crippen LogP contribution is -2.23. The number of alkyl halides is 3. The number of benzene rings is 2. The van der Waals surface area contributed by atoms with Gasteiger partial charge < -0.3 is 9.88 Å². The Labute approximate surface area is 135 Å². The van der Waals surface area contributed by atoms with Crippen molar-refractivity contribution in [2.45, 2.75) is 19.6 Å². The van der Waals surface area contributed by atoms with E-state index in [0.717, 1.165) is 10.1 Å². The molecule has 0 atom stereocenters. The number of amides is 1. The van der Waals surface area contributed by atoms with Gasteiger partial charge in [-0.3, -0.25) is 4.79 Å². The molecule has 0 bridgehead atoms. The van der Waals surface area contributed by atoms with E-state index in [1.807, 2.05) is 19.1 Å². The van der Waals surface area contributed by atoms with E-state index in [-0.39, 0.29) is 11.0 Å². The zero-order valence-corrected chi connectivity index (χ0v) is 12.8. The number of halogens is 3. The summed E-state index contributed by atoms with van der Waals surface area (Å²) < 4.78 is 40.5. The average Bonchev–Trinajstić information content (AvgIpc) is 2.89. The molecule has 3 rings (SSSR count). The molecular formula is C17H14F3N3O. The van der Waals surface area contributed by atoms with Gasteiger partial charge in [0.25, 0.3) is 0 Å². The molecule has 0 saturated heterocycles. The van der Waals surface area contributed by atoms with Crippen LogP contribution < -0.4 is 5.32 Å². The second-order valence-corrected chi connectivity index (χ2v) is 5.42. The Morgan fingerprint density at radius 2 is 1.79 bits per heavy atom. The molecule has 0 radical (unpaired) electrons. The van der Waals surface area contributed by atoms with Crippen LogP contribution in [0.3, 0.4) is 0 Å². The number of hydrogen-bond donors (Lipinski definition) is 1. The highest BCUT2D eigenvalue weighted by molar-refractivity contribution is 5.91. The minimum Gasteiger partial charge on any atom is -0.325 e. The number of nitrogens with one attached hydrogen (secondary N) is 1. The smallest absolute Gasteiger partial charge is 0.325 e. The molecule has 0 spiro atoms. The Balaban J connectivity index is 1.91. The number of carbonyl (C=O) groups is 1. The highest BCUT2D eigenvalue weighted by atomic mass is 19.4. The van der Waals surface area contributed by atoms with E-state index in [1.165, 1.54) is 12.1 Å². The van der Waals surface area contributed by atoms with Gasteiger partial charge in [0.05, 0.1) is 11.0 Å². The van der Waals surface area contributed by atoms with Gasteiger partial charge in [-0.2, -0.15) is 13.2 Å². The van der Waals surface area contributed by atoms with E-state index in [4.69, 9.17) is 0 Å². The molecule has 1 heterocycles. The molecule has 1 N–H and O–H groups in total. The van der Waals surface area contributed by atoms with Crippen LogP contribution in [0.5, 0.6) is 0 Å². The van der Waals surface area contributed by atoms with E-state index in [9.17, 15) is 18.0 Å². The Hall–Kier alpha value is -2.83. The minimum atomic E-state index is -4.64. The number of anilines is 1. The Kier molecular flexibility index (Phi) is 4.01. The average molecular weight is 333 g/mol. The normalized spacial score (nSPS) is 11.7. The van der Waals surface area contributed by atoms with Gasteiger partial charge in [-0.05, 0) is 31.2 Å². The van der Waals surface area contributed by atoms with Crippen molar-refractivity contribution in [3.8, 4) is 0 Å². The molecule has 0 aliphatic carbocycles. The molecule has 0 aliphatic heterocycles. The largest absolute Gasteiger partial charge is 0.449 e. The Bertz CT molecular complexity index is 882. The molecule has 2 aromatic carbocycles. The van der Waals surface area contributed by atoms with Crippen LogP contribution in [-0.4, -0.2) is 15.5 Å². The van der Waals surface area contributed by atoms with Gasteiger partial charge in [0.15, 0.2) is 0 Å². The van der Waals surface area contributed by atoms with Crippen molar-refractivity contribution in [3.63, 3.8) is 0 Å². The van der Waals surface area contributed by atoms with Gasteiger partial charge in [-0.25, -0.2) is 4.98 Å². The van der Waals surface area contributed by atoms with Crippen LogP contribution in [0.2, 0.25) is 0 Å². The lowest BCUT2D eigenvalue weighted by molar-refractivity contribution is -0.147. The summed E-state index contributed by atoms with van der Waals surface area (Å²) in [6.45, 7) is 1.43. The Morgan fingerprint density at radius 3 is 2.46 bits per heavy atom. The molecule has 0 saturated carbocycles. The number of aromatic nitrogens is 2. The number of fused-ring (bicyclic) bond motifs is 1. The first-order valence-corrected chi connectivity index (χ1v) is 7.23. The maximum atomic E-state index is 13.2. The van der Waals surface area contributed by atoms with Crippen LogP contribution >= 0.6 is 0 Å². The maximum absolute atomic E-state index is 13.2. The van der Waals surface area contributed by atoms with Crippen LogP contribution in [-0.2, 0) is 17.5 Å². The summed E-state index contributed by atoms with van der Waals surface area (Å²) in [5, 5.41) is 2.60. The van der Waals surface area contributed by atoms with Crippen LogP contribution in [0.25, 0.3) is 11.0 Å². The second kappa shape index (κ2) is 5.99. The van der Waals surface area contributed by atoms with Crippen LogP contribution in [0.4, 0.5) is 18.9 Å². The molecule has 1 amide bonds. The summed E-state index contributed by atoms with van der Waals surface area (Å²) in [5.74, 6) is -1.63. The standard InChI is InChI=1S/C17H14F3N3O/c1-11-6-8-12(9-7-11)21-15(24)10-23-14-5-3-2-4-13(14)22-16(23)17(18,19)20/h2-9H,10H2,1H3,(H,21,24). The highest BCUT2D eigenvalue weighted by Crippen LogP contribution is 2.31. The predicted molar refractivity (Wildman–Crippen MR) is 84.5 cm³/mol. The molecule has 1 aromatic heterocycles. The molecule has 3 aromatic rings. The number of rotatable bonds is 3. The van der Waals surface area contributed by atoms with E-state index in [0.29, 0.717) is 5.69 Å². The summed E-state index contributed by atoms with van der Waals surface area (Å²) in [6, 6.07) is 13.2. The summed E-state index contributed by atoms with van der Waals surface area (Å²) in [5.41, 5.74) is 2.02. The maximum Gasteiger partial charge on any atom is 0.449 e. The number of carbonyl (C=O) groups excluding carboxylic acids is 1. The molecule has 4 nitrogen and oxygen atoms in total. The van der Waals surface area contributed by atoms with Gasteiger partial charge in [0.1, 0.15) is 6.54 Å². The quantitative estimate of drug-likeness (QED) is 0.787. The van der Waals surface area contributed by atoms with Crippen molar-refractivity contribution >= 4 is 22.6 Å². The third kappa shape index (κ3) is 3.24. The summed E-state index contributed by atoms with van der Waals surface area (Å²) >= 11 is 0. The predicted octanol–water partition coefficient (Wildman–Crippen LogP) is 4.00. The molecule has 0 aliphatic rings. The molecule has 24 heavy (non-hydrogen) atoms. The lowest BCUT2D eigenvalue weighted by atomic mass is 10.2. The van der Waals surface area contributed by atoms with E-state index >= 15 is 0 Å². The summed E-state index contributed by atoms with van der Waals surface area (Å²) in [6.07, 6.45) is -4.64. The van der Waals surface area contributed by atoms with Crippen molar-refractivity contribution in [1.29, 1.82) is 0 Å². The van der Waals surface area contributed by atoms with Crippen molar-refractivity contribution in [3.05, 3.63) is 59.9 Å². The minimum absolute atomic E-state index is 0.202. The zero-order valence-electron chi connectivity index (χ0n) is 12.8. The molecule has 0 unspecified atom stereocenters. The summed E-state index contributed by atoms with van der Waals surface area (Å²) in [4.78, 5) is 15.8. The number of hydrogen-bond acceptors (Lipinski definition) is 2. The van der Waals surface area contributed by atoms with Gasteiger partial charge in [-0.1, -0.05) is 29.8 Å². The van der Waals surface area contributed by atoms with E-state index < -0.39 is 24.5 Å². The Morgan fingerprint density at radius 1 is 1.12 bits per heavy atom. The fraction of sp³-hybridized carbons (Fsp3) is 0.176. The molecule has 124 valence electrons. The van der Waals surface area contributed by atoms with Crippen molar-refractivity contribution in [2.24, 2.45) is 0 Å². The van der Waals surface area contributed by atoms with Gasteiger partial charge >= 0.3 is 6.18 Å². The van der Waals surface area contributed by atoms with Crippen LogP contribution in [0, 0.1) is 6.92 Å². The first-order valence-electron chi connectivity index (χ1n) is 7.23. The second-order valence-electron chi connectivity index (χ2n) is 5.42. The summed E-state index contributed by atoms with van der Waals surface area (Å²) in [7, 11) is 0. The SMILES string of the molecule is Cc1ccc(NC(=O)Cn2c(C(F)(F)F)nc3ccccc32)cc1. The zero-order chi connectivity index (χ0) is 17.3. The molecule has 7 heteroatoms. The third-order valence-corrected chi connectivity index (χ3v) is 3.55. The number of imidazole rings is 1.